The number of piperidine rings is 1. The second-order valence-corrected chi connectivity index (χ2v) is 8.71. The third-order valence-corrected chi connectivity index (χ3v) is 6.60. The molecule has 2 unspecified atom stereocenters. The monoisotopic (exact) mass is 387 g/mol. The van der Waals surface area contributed by atoms with Crippen LogP contribution in [0.5, 0.6) is 0 Å². The zero-order valence-corrected chi connectivity index (χ0v) is 16.2. The lowest BCUT2D eigenvalue weighted by Gasteiger charge is -2.37. The molecule has 1 saturated carbocycles. The Balaban J connectivity index is 1.65. The number of halogens is 1. The van der Waals surface area contributed by atoms with Crippen molar-refractivity contribution < 1.29 is 9.18 Å². The second kappa shape index (κ2) is 7.67. The third-order valence-electron chi connectivity index (χ3n) is 5.19. The van der Waals surface area contributed by atoms with Crippen LogP contribution in [-0.4, -0.2) is 29.0 Å². The molecule has 1 aliphatic heterocycles. The van der Waals surface area contributed by atoms with Crippen LogP contribution in [0.1, 0.15) is 35.7 Å². The number of carbonyl (C=O) groups excluding carboxylic acids is 1. The van der Waals surface area contributed by atoms with Gasteiger partial charge in [-0.1, -0.05) is 24.3 Å². The van der Waals surface area contributed by atoms with Gasteiger partial charge in [-0.3, -0.25) is 9.69 Å². The van der Waals surface area contributed by atoms with E-state index in [-0.39, 0.29) is 22.8 Å². The van der Waals surface area contributed by atoms with Gasteiger partial charge < -0.3 is 0 Å². The Bertz CT molecular complexity index is 813. The van der Waals surface area contributed by atoms with Crippen LogP contribution in [0.4, 0.5) is 4.39 Å². The molecule has 2 aromatic rings. The summed E-state index contributed by atoms with van der Waals surface area (Å²) in [5.41, 5.74) is 1.71. The van der Waals surface area contributed by atoms with Gasteiger partial charge in [0.2, 0.25) is 0 Å². The molecule has 0 radical (unpaired) electrons. The Morgan fingerprint density at radius 2 is 2.04 bits per heavy atom. The van der Waals surface area contributed by atoms with E-state index < -0.39 is 6.04 Å². The fourth-order valence-electron chi connectivity index (χ4n) is 3.63. The summed E-state index contributed by atoms with van der Waals surface area (Å²) >= 11 is 6.43. The molecule has 26 heavy (non-hydrogen) atoms. The van der Waals surface area contributed by atoms with Crippen LogP contribution in [0.3, 0.4) is 0 Å². The largest absolute Gasteiger partial charge is 0.297 e. The van der Waals surface area contributed by atoms with E-state index in [4.69, 9.17) is 12.6 Å². The average Bonchev–Trinajstić information content (AvgIpc) is 3.37. The molecule has 0 bridgehead atoms. The van der Waals surface area contributed by atoms with E-state index in [0.717, 1.165) is 25.8 Å². The van der Waals surface area contributed by atoms with Crippen LogP contribution in [0, 0.1) is 11.7 Å². The van der Waals surface area contributed by atoms with Crippen LogP contribution in [0.15, 0.2) is 47.4 Å². The lowest BCUT2D eigenvalue weighted by Crippen LogP contribution is -2.42. The van der Waals surface area contributed by atoms with Crippen molar-refractivity contribution in [1.29, 1.82) is 0 Å². The molecule has 0 amide bonds. The Kier molecular flexibility index (Phi) is 5.30. The highest BCUT2D eigenvalue weighted by Gasteiger charge is 2.40. The summed E-state index contributed by atoms with van der Waals surface area (Å²) in [5.74, 6) is -0.0236. The lowest BCUT2D eigenvalue weighted by atomic mass is 9.93. The molecule has 0 N–H and O–H groups in total. The zero-order chi connectivity index (χ0) is 18.1. The molecular weight excluding hydrogens is 365 g/mol. The number of thiol groups is 1. The molecule has 1 saturated heterocycles. The van der Waals surface area contributed by atoms with Crippen LogP contribution < -0.4 is 0 Å². The highest BCUT2D eigenvalue weighted by Crippen LogP contribution is 2.39. The number of hydrogen-bond acceptors (Lipinski definition) is 4. The van der Waals surface area contributed by atoms with E-state index in [2.05, 4.69) is 22.4 Å². The molecule has 2 fully saturated rings. The maximum Gasteiger partial charge on any atom is 0.157 e. The van der Waals surface area contributed by atoms with Crippen molar-refractivity contribution in [2.45, 2.75) is 30.6 Å². The normalized spacial score (nSPS) is 23.9. The molecule has 2 atom stereocenters. The summed E-state index contributed by atoms with van der Waals surface area (Å²) < 4.78 is 14.5. The number of likely N-dealkylation sites (tertiary alicyclic amines) is 1. The molecule has 136 valence electrons. The minimum atomic E-state index is -0.490. The van der Waals surface area contributed by atoms with E-state index in [1.807, 2.05) is 12.1 Å². The first-order valence-corrected chi connectivity index (χ1v) is 10.5. The van der Waals surface area contributed by atoms with Crippen molar-refractivity contribution >= 4 is 35.8 Å². The third kappa shape index (κ3) is 3.80. The molecule has 1 aromatic carbocycles. The van der Waals surface area contributed by atoms with Gasteiger partial charge in [0, 0.05) is 34.7 Å². The van der Waals surface area contributed by atoms with E-state index in [1.165, 1.54) is 16.5 Å². The maximum atomic E-state index is 14.5. The standard InChI is InChI=1S/C21H22FNOS2/c22-18-6-2-1-5-17(18)20(21(24)14-7-8-14)23-10-9-19(25)15(13-23)12-16-4-3-11-26-16/h1-6,11-12,14,19-20,25H,7-10,13H2/b15-12+. The Hall–Kier alpha value is -1.43. The van der Waals surface area contributed by atoms with Gasteiger partial charge in [-0.05, 0) is 48.4 Å². The smallest absolute Gasteiger partial charge is 0.157 e. The average molecular weight is 388 g/mol. The molecule has 5 heteroatoms. The summed E-state index contributed by atoms with van der Waals surface area (Å²) in [5, 5.41) is 2.24. The summed E-state index contributed by atoms with van der Waals surface area (Å²) in [6.07, 6.45) is 4.91. The molecule has 0 spiro atoms. The van der Waals surface area contributed by atoms with Crippen molar-refractivity contribution in [3.05, 3.63) is 63.6 Å². The molecule has 1 aromatic heterocycles. The van der Waals surface area contributed by atoms with Crippen molar-refractivity contribution in [1.82, 2.24) is 4.90 Å². The number of thiophene rings is 1. The quantitative estimate of drug-likeness (QED) is 0.729. The number of nitrogens with zero attached hydrogens (tertiary/aromatic N) is 1. The minimum Gasteiger partial charge on any atom is -0.297 e. The Labute approximate surface area is 163 Å². The van der Waals surface area contributed by atoms with Crippen LogP contribution in [0.25, 0.3) is 6.08 Å². The molecular formula is C21H22FNOS2. The minimum absolute atomic E-state index is 0.0954. The van der Waals surface area contributed by atoms with Gasteiger partial charge in [-0.25, -0.2) is 4.39 Å². The van der Waals surface area contributed by atoms with Gasteiger partial charge in [0.1, 0.15) is 5.82 Å². The fraction of sp³-hybridized carbons (Fsp3) is 0.381. The number of rotatable bonds is 5. The van der Waals surface area contributed by atoms with Crippen molar-refractivity contribution in [3.63, 3.8) is 0 Å². The Morgan fingerprint density at radius 3 is 2.73 bits per heavy atom. The zero-order valence-electron chi connectivity index (χ0n) is 14.5. The highest BCUT2D eigenvalue weighted by molar-refractivity contribution is 7.81. The molecule has 4 rings (SSSR count). The summed E-state index contributed by atoms with van der Waals surface area (Å²) in [6, 6.07) is 10.3. The first-order chi connectivity index (χ1) is 12.6. The SMILES string of the molecule is O=C(C1CC1)C(c1ccccc1F)N1CCC(S)/C(=C/c2cccs2)C1. The predicted molar refractivity (Wildman–Crippen MR) is 108 cm³/mol. The maximum absolute atomic E-state index is 14.5. The van der Waals surface area contributed by atoms with Crippen molar-refractivity contribution in [2.24, 2.45) is 5.92 Å². The molecule has 2 nitrogen and oxygen atoms in total. The van der Waals surface area contributed by atoms with E-state index >= 15 is 0 Å². The first-order valence-electron chi connectivity index (χ1n) is 9.07. The van der Waals surface area contributed by atoms with Crippen molar-refractivity contribution in [2.75, 3.05) is 13.1 Å². The number of benzene rings is 1. The predicted octanol–water partition coefficient (Wildman–Crippen LogP) is 5.00. The number of hydrogen-bond donors (Lipinski definition) is 1. The Morgan fingerprint density at radius 1 is 1.23 bits per heavy atom. The number of Topliss-reactive ketones (excluding diaryl/α,β-unsaturated/α-hetero) is 1. The summed E-state index contributed by atoms with van der Waals surface area (Å²) in [6.45, 7) is 1.41. The van der Waals surface area contributed by atoms with Crippen LogP contribution in [0.2, 0.25) is 0 Å². The van der Waals surface area contributed by atoms with Crippen LogP contribution in [-0.2, 0) is 4.79 Å². The topological polar surface area (TPSA) is 20.3 Å². The van der Waals surface area contributed by atoms with Gasteiger partial charge >= 0.3 is 0 Å². The van der Waals surface area contributed by atoms with Gasteiger partial charge in [0.15, 0.2) is 5.78 Å². The molecule has 1 aliphatic carbocycles. The number of ketones is 1. The lowest BCUT2D eigenvalue weighted by molar-refractivity contribution is -0.126. The molecule has 2 heterocycles. The van der Waals surface area contributed by atoms with E-state index in [9.17, 15) is 9.18 Å². The fourth-order valence-corrected chi connectivity index (χ4v) is 4.59. The van der Waals surface area contributed by atoms with E-state index in [1.54, 1.807) is 23.5 Å². The van der Waals surface area contributed by atoms with Gasteiger partial charge in [-0.15, -0.1) is 11.3 Å². The molecule has 2 aliphatic rings. The van der Waals surface area contributed by atoms with Crippen LogP contribution >= 0.6 is 24.0 Å². The number of carbonyl (C=O) groups is 1. The first kappa shape index (κ1) is 18.0. The summed E-state index contributed by atoms with van der Waals surface area (Å²) in [7, 11) is 0. The van der Waals surface area contributed by atoms with E-state index in [0.29, 0.717) is 12.1 Å². The van der Waals surface area contributed by atoms with Gasteiger partial charge in [0.25, 0.3) is 0 Å². The van der Waals surface area contributed by atoms with Gasteiger partial charge in [-0.2, -0.15) is 12.6 Å². The van der Waals surface area contributed by atoms with Gasteiger partial charge in [0.05, 0.1) is 6.04 Å². The second-order valence-electron chi connectivity index (χ2n) is 7.11. The summed E-state index contributed by atoms with van der Waals surface area (Å²) in [4.78, 5) is 16.4. The van der Waals surface area contributed by atoms with Crippen molar-refractivity contribution in [3.8, 4) is 0 Å². The highest BCUT2D eigenvalue weighted by atomic mass is 32.1.